The number of aromatic nitrogens is 2. The largest absolute Gasteiger partial charge is 0.492 e. The van der Waals surface area contributed by atoms with Gasteiger partial charge in [-0.2, -0.15) is 0 Å². The van der Waals surface area contributed by atoms with Crippen molar-refractivity contribution in [1.29, 1.82) is 0 Å². The van der Waals surface area contributed by atoms with E-state index in [1.807, 2.05) is 43.5 Å². The van der Waals surface area contributed by atoms with Crippen molar-refractivity contribution in [1.82, 2.24) is 9.55 Å². The zero-order valence-corrected chi connectivity index (χ0v) is 10.2. The van der Waals surface area contributed by atoms with E-state index in [9.17, 15) is 0 Å². The summed E-state index contributed by atoms with van der Waals surface area (Å²) in [5.41, 5.74) is 3.16. The Labute approximate surface area is 106 Å². The Hall–Kier alpha value is -2.29. The van der Waals surface area contributed by atoms with Crippen molar-refractivity contribution in [2.75, 3.05) is 6.61 Å². The van der Waals surface area contributed by atoms with Crippen LogP contribution < -0.4 is 4.74 Å². The molecule has 0 atom stereocenters. The number of rotatable bonds is 3. The quantitative estimate of drug-likeness (QED) is 0.699. The van der Waals surface area contributed by atoms with Crippen molar-refractivity contribution >= 4 is 11.0 Å². The maximum Gasteiger partial charge on any atom is 0.139 e. The molecule has 1 aromatic carbocycles. The van der Waals surface area contributed by atoms with E-state index in [0.717, 1.165) is 22.5 Å². The molecule has 0 saturated heterocycles. The first kappa shape index (κ1) is 10.8. The second-order valence-electron chi connectivity index (χ2n) is 4.03. The van der Waals surface area contributed by atoms with Crippen LogP contribution in [0.4, 0.5) is 0 Å². The van der Waals surface area contributed by atoms with Crippen LogP contribution in [0.3, 0.4) is 0 Å². The lowest BCUT2D eigenvalue weighted by molar-refractivity contribution is 0.339. The highest BCUT2D eigenvalue weighted by atomic mass is 16.5. The summed E-state index contributed by atoms with van der Waals surface area (Å²) in [6.07, 6.45) is 3.80. The van der Waals surface area contributed by atoms with Crippen LogP contribution in [0, 0.1) is 0 Å². The van der Waals surface area contributed by atoms with Gasteiger partial charge in [0.25, 0.3) is 0 Å². The molecule has 0 N–H and O–H groups in total. The highest BCUT2D eigenvalue weighted by Gasteiger charge is 2.05. The van der Waals surface area contributed by atoms with Crippen LogP contribution in [0.5, 0.6) is 5.75 Å². The molecular weight excluding hydrogens is 224 g/mol. The minimum absolute atomic E-state index is 0.652. The van der Waals surface area contributed by atoms with E-state index in [2.05, 4.69) is 21.7 Å². The molecule has 0 aliphatic heterocycles. The molecule has 0 saturated carbocycles. The van der Waals surface area contributed by atoms with Crippen LogP contribution >= 0.6 is 0 Å². The number of ether oxygens (including phenoxy) is 1. The second-order valence-corrected chi connectivity index (χ2v) is 4.03. The Bertz CT molecular complexity index is 659. The van der Waals surface area contributed by atoms with Crippen LogP contribution in [0.1, 0.15) is 6.92 Å². The molecule has 3 rings (SSSR count). The molecule has 18 heavy (non-hydrogen) atoms. The molecule has 0 aliphatic rings. The number of fused-ring (bicyclic) bond motifs is 1. The minimum Gasteiger partial charge on any atom is -0.492 e. The number of hydrogen-bond donors (Lipinski definition) is 0. The molecular formula is C15H14N2O. The molecule has 0 radical (unpaired) electrons. The van der Waals surface area contributed by atoms with E-state index in [1.165, 1.54) is 0 Å². The predicted octanol–water partition coefficient (Wildman–Crippen LogP) is 3.42. The van der Waals surface area contributed by atoms with Gasteiger partial charge >= 0.3 is 0 Å². The molecule has 0 fully saturated rings. The number of nitrogens with zero attached hydrogens (tertiary/aromatic N) is 2. The first-order chi connectivity index (χ1) is 8.88. The van der Waals surface area contributed by atoms with E-state index in [4.69, 9.17) is 4.74 Å². The second kappa shape index (κ2) is 4.53. The minimum atomic E-state index is 0.652. The van der Waals surface area contributed by atoms with Gasteiger partial charge in [0.05, 0.1) is 23.8 Å². The topological polar surface area (TPSA) is 27.1 Å². The third kappa shape index (κ3) is 1.84. The summed E-state index contributed by atoms with van der Waals surface area (Å²) in [6.45, 7) is 2.62. The van der Waals surface area contributed by atoms with Gasteiger partial charge in [-0.1, -0.05) is 18.2 Å². The number of pyridine rings is 1. The summed E-state index contributed by atoms with van der Waals surface area (Å²) >= 11 is 0. The van der Waals surface area contributed by atoms with E-state index in [0.29, 0.717) is 6.61 Å². The van der Waals surface area contributed by atoms with E-state index in [1.54, 1.807) is 6.20 Å². The maximum atomic E-state index is 5.50. The predicted molar refractivity (Wildman–Crippen MR) is 72.2 cm³/mol. The lowest BCUT2D eigenvalue weighted by atomic mass is 10.3. The maximum absolute atomic E-state index is 5.50. The van der Waals surface area contributed by atoms with Crippen LogP contribution in [0.2, 0.25) is 0 Å². The Morgan fingerprint density at radius 2 is 2.00 bits per heavy atom. The third-order valence-corrected chi connectivity index (χ3v) is 2.86. The number of benzene rings is 1. The van der Waals surface area contributed by atoms with Gasteiger partial charge in [0.15, 0.2) is 0 Å². The molecule has 0 aliphatic carbocycles. The average Bonchev–Trinajstić information content (AvgIpc) is 2.83. The van der Waals surface area contributed by atoms with Gasteiger partial charge in [-0.3, -0.25) is 4.98 Å². The molecule has 3 aromatic rings. The highest BCUT2D eigenvalue weighted by Crippen LogP contribution is 2.22. The van der Waals surface area contributed by atoms with Gasteiger partial charge in [-0.25, -0.2) is 0 Å². The van der Waals surface area contributed by atoms with Crippen LogP contribution in [-0.2, 0) is 0 Å². The molecule has 0 spiro atoms. The Morgan fingerprint density at radius 1 is 1.17 bits per heavy atom. The average molecular weight is 238 g/mol. The molecule has 90 valence electrons. The monoisotopic (exact) mass is 238 g/mol. The molecule has 0 amide bonds. The normalized spacial score (nSPS) is 10.7. The lowest BCUT2D eigenvalue weighted by Gasteiger charge is -2.06. The first-order valence-electron chi connectivity index (χ1n) is 6.04. The Morgan fingerprint density at radius 3 is 2.78 bits per heavy atom. The summed E-state index contributed by atoms with van der Waals surface area (Å²) in [7, 11) is 0. The SMILES string of the molecule is CCOc1cnc2ccn(-c3ccccc3)c2c1. The van der Waals surface area contributed by atoms with E-state index in [-0.39, 0.29) is 0 Å². The summed E-state index contributed by atoms with van der Waals surface area (Å²) in [6, 6.07) is 14.3. The summed E-state index contributed by atoms with van der Waals surface area (Å²) in [5, 5.41) is 0. The lowest BCUT2D eigenvalue weighted by Crippen LogP contribution is -1.95. The fourth-order valence-corrected chi connectivity index (χ4v) is 2.05. The third-order valence-electron chi connectivity index (χ3n) is 2.86. The van der Waals surface area contributed by atoms with Gasteiger partial charge in [0, 0.05) is 18.0 Å². The number of para-hydroxylation sites is 1. The van der Waals surface area contributed by atoms with Gasteiger partial charge in [-0.05, 0) is 25.1 Å². The molecule has 0 unspecified atom stereocenters. The van der Waals surface area contributed by atoms with Crippen molar-refractivity contribution < 1.29 is 4.74 Å². The summed E-state index contributed by atoms with van der Waals surface area (Å²) < 4.78 is 7.61. The highest BCUT2D eigenvalue weighted by molar-refractivity contribution is 5.79. The first-order valence-corrected chi connectivity index (χ1v) is 6.04. The van der Waals surface area contributed by atoms with Crippen LogP contribution in [-0.4, -0.2) is 16.2 Å². The standard InChI is InChI=1S/C15H14N2O/c1-2-18-13-10-15-14(16-11-13)8-9-17(15)12-6-4-3-5-7-12/h3-11H,2H2,1H3. The van der Waals surface area contributed by atoms with Crippen LogP contribution in [0.25, 0.3) is 16.7 Å². The van der Waals surface area contributed by atoms with E-state index >= 15 is 0 Å². The fraction of sp³-hybridized carbons (Fsp3) is 0.133. The van der Waals surface area contributed by atoms with Crippen LogP contribution in [0.15, 0.2) is 54.9 Å². The molecule has 3 heteroatoms. The molecule has 2 heterocycles. The zero-order chi connectivity index (χ0) is 12.4. The van der Waals surface area contributed by atoms with Gasteiger partial charge in [0.1, 0.15) is 5.75 Å². The zero-order valence-electron chi connectivity index (χ0n) is 10.2. The van der Waals surface area contributed by atoms with Crippen molar-refractivity contribution in [2.45, 2.75) is 6.92 Å². The molecule has 0 bridgehead atoms. The number of hydrogen-bond acceptors (Lipinski definition) is 2. The van der Waals surface area contributed by atoms with Gasteiger partial charge < -0.3 is 9.30 Å². The smallest absolute Gasteiger partial charge is 0.139 e. The Kier molecular flexibility index (Phi) is 2.73. The van der Waals surface area contributed by atoms with E-state index < -0.39 is 0 Å². The fourth-order valence-electron chi connectivity index (χ4n) is 2.05. The summed E-state index contributed by atoms with van der Waals surface area (Å²) in [5.74, 6) is 0.806. The Balaban J connectivity index is 2.15. The van der Waals surface area contributed by atoms with Crippen molar-refractivity contribution in [2.24, 2.45) is 0 Å². The molecule has 2 aromatic heterocycles. The van der Waals surface area contributed by atoms with Gasteiger partial charge in [0.2, 0.25) is 0 Å². The van der Waals surface area contributed by atoms with Gasteiger partial charge in [-0.15, -0.1) is 0 Å². The van der Waals surface area contributed by atoms with Crippen molar-refractivity contribution in [3.8, 4) is 11.4 Å². The van der Waals surface area contributed by atoms with Crippen molar-refractivity contribution in [3.63, 3.8) is 0 Å². The molecule has 3 nitrogen and oxygen atoms in total. The van der Waals surface area contributed by atoms with Crippen molar-refractivity contribution in [3.05, 3.63) is 54.9 Å². The summed E-state index contributed by atoms with van der Waals surface area (Å²) in [4.78, 5) is 4.40.